The van der Waals surface area contributed by atoms with E-state index in [9.17, 15) is 19.7 Å². The Morgan fingerprint density at radius 2 is 1.82 bits per heavy atom. The molecule has 148 valence electrons. The average molecular weight is 404 g/mol. The standard InChI is InChI=1S/C20H22ClN3O4/c1-3-17(20(26)22-2)23(13-14-8-10-16(21)11-9-14)19(25)12-15-6-4-5-7-18(15)24(27)28/h4-11,17H,3,12-13H2,1-2H3,(H,22,26). The van der Waals surface area contributed by atoms with Crippen molar-refractivity contribution < 1.29 is 14.5 Å². The number of likely N-dealkylation sites (N-methyl/N-ethyl adjacent to an activating group) is 1. The summed E-state index contributed by atoms with van der Waals surface area (Å²) in [7, 11) is 1.51. The molecule has 0 radical (unpaired) electrons. The molecule has 2 amide bonds. The Kier molecular flexibility index (Phi) is 7.52. The summed E-state index contributed by atoms with van der Waals surface area (Å²) in [6, 6.07) is 12.4. The fraction of sp³-hybridized carbons (Fsp3) is 0.300. The SMILES string of the molecule is CCC(C(=O)NC)N(Cc1ccc(Cl)cc1)C(=O)Cc1ccccc1[N+](=O)[O-]. The molecule has 0 saturated carbocycles. The molecule has 0 aliphatic heterocycles. The van der Waals surface area contributed by atoms with Gasteiger partial charge in [0.2, 0.25) is 11.8 Å². The van der Waals surface area contributed by atoms with Gasteiger partial charge in [0.05, 0.1) is 11.3 Å². The number of amides is 2. The number of nitro benzene ring substituents is 1. The fourth-order valence-corrected chi connectivity index (χ4v) is 3.10. The van der Waals surface area contributed by atoms with Crippen molar-refractivity contribution in [1.29, 1.82) is 0 Å². The van der Waals surface area contributed by atoms with Gasteiger partial charge in [-0.25, -0.2) is 0 Å². The summed E-state index contributed by atoms with van der Waals surface area (Å²) in [6.07, 6.45) is 0.244. The van der Waals surface area contributed by atoms with Crippen LogP contribution in [0.1, 0.15) is 24.5 Å². The summed E-state index contributed by atoms with van der Waals surface area (Å²) in [5.41, 5.74) is 1.00. The number of carbonyl (C=O) groups excluding carboxylic acids is 2. The van der Waals surface area contributed by atoms with Gasteiger partial charge < -0.3 is 10.2 Å². The number of carbonyl (C=O) groups is 2. The molecule has 1 N–H and O–H groups in total. The van der Waals surface area contributed by atoms with Gasteiger partial charge in [0.1, 0.15) is 6.04 Å². The van der Waals surface area contributed by atoms with Crippen LogP contribution in [-0.4, -0.2) is 34.7 Å². The maximum absolute atomic E-state index is 13.1. The molecule has 8 heteroatoms. The molecule has 0 aromatic heterocycles. The fourth-order valence-electron chi connectivity index (χ4n) is 2.98. The first kappa shape index (κ1) is 21.4. The lowest BCUT2D eigenvalue weighted by molar-refractivity contribution is -0.385. The summed E-state index contributed by atoms with van der Waals surface area (Å²) in [5, 5.41) is 14.4. The second kappa shape index (κ2) is 9.85. The lowest BCUT2D eigenvalue weighted by Crippen LogP contribution is -2.48. The van der Waals surface area contributed by atoms with E-state index in [0.29, 0.717) is 17.0 Å². The van der Waals surface area contributed by atoms with Crippen LogP contribution in [0.3, 0.4) is 0 Å². The molecule has 0 aliphatic rings. The molecule has 0 spiro atoms. The van der Waals surface area contributed by atoms with Gasteiger partial charge >= 0.3 is 0 Å². The zero-order chi connectivity index (χ0) is 20.7. The molecule has 2 aromatic rings. The predicted molar refractivity (Wildman–Crippen MR) is 107 cm³/mol. The molecule has 2 rings (SSSR count). The molecule has 1 atom stereocenters. The molecule has 0 aliphatic carbocycles. The summed E-state index contributed by atoms with van der Waals surface area (Å²) in [6.45, 7) is 2.01. The van der Waals surface area contributed by atoms with Crippen molar-refractivity contribution in [2.45, 2.75) is 32.4 Å². The van der Waals surface area contributed by atoms with Gasteiger partial charge in [0.15, 0.2) is 0 Å². The first-order valence-corrected chi connectivity index (χ1v) is 9.23. The number of halogens is 1. The lowest BCUT2D eigenvalue weighted by Gasteiger charge is -2.30. The topological polar surface area (TPSA) is 92.6 Å². The minimum Gasteiger partial charge on any atom is -0.357 e. The predicted octanol–water partition coefficient (Wildman–Crippen LogP) is 3.34. The first-order chi connectivity index (χ1) is 13.4. The minimum atomic E-state index is -0.684. The Hall–Kier alpha value is -2.93. The molecule has 0 fully saturated rings. The van der Waals surface area contributed by atoms with E-state index in [2.05, 4.69) is 5.32 Å². The van der Waals surface area contributed by atoms with Crippen molar-refractivity contribution in [3.63, 3.8) is 0 Å². The highest BCUT2D eigenvalue weighted by Crippen LogP contribution is 2.21. The van der Waals surface area contributed by atoms with Gasteiger partial charge in [0.25, 0.3) is 5.69 Å². The average Bonchev–Trinajstić information content (AvgIpc) is 2.69. The zero-order valence-corrected chi connectivity index (χ0v) is 16.5. The van der Waals surface area contributed by atoms with E-state index in [1.165, 1.54) is 18.0 Å². The van der Waals surface area contributed by atoms with E-state index in [-0.39, 0.29) is 30.5 Å². The Labute approximate surface area is 168 Å². The monoisotopic (exact) mass is 403 g/mol. The molecule has 2 aromatic carbocycles. The molecular formula is C20H22ClN3O4. The first-order valence-electron chi connectivity index (χ1n) is 8.85. The molecule has 0 saturated heterocycles. The largest absolute Gasteiger partial charge is 0.357 e. The van der Waals surface area contributed by atoms with Crippen LogP contribution >= 0.6 is 11.6 Å². The third-order valence-electron chi connectivity index (χ3n) is 4.43. The van der Waals surface area contributed by atoms with Crippen LogP contribution in [0.2, 0.25) is 5.02 Å². The Bertz CT molecular complexity index is 855. The van der Waals surface area contributed by atoms with Crippen molar-refractivity contribution in [2.75, 3.05) is 7.05 Å². The molecule has 0 bridgehead atoms. The highest BCUT2D eigenvalue weighted by molar-refractivity contribution is 6.30. The van der Waals surface area contributed by atoms with E-state index in [1.807, 2.05) is 6.92 Å². The maximum Gasteiger partial charge on any atom is 0.273 e. The smallest absolute Gasteiger partial charge is 0.273 e. The number of benzene rings is 2. The van der Waals surface area contributed by atoms with Gasteiger partial charge in [-0.3, -0.25) is 19.7 Å². The summed E-state index contributed by atoms with van der Waals surface area (Å²) in [5.74, 6) is -0.646. The van der Waals surface area contributed by atoms with Crippen LogP contribution in [0, 0.1) is 10.1 Å². The summed E-state index contributed by atoms with van der Waals surface area (Å²) in [4.78, 5) is 37.6. The number of nitrogens with zero attached hydrogens (tertiary/aromatic N) is 2. The van der Waals surface area contributed by atoms with Crippen LogP contribution in [0.25, 0.3) is 0 Å². The van der Waals surface area contributed by atoms with Crippen LogP contribution < -0.4 is 5.32 Å². The number of rotatable bonds is 8. The highest BCUT2D eigenvalue weighted by atomic mass is 35.5. The van der Waals surface area contributed by atoms with E-state index < -0.39 is 11.0 Å². The zero-order valence-electron chi connectivity index (χ0n) is 15.7. The second-order valence-electron chi connectivity index (χ2n) is 6.25. The molecule has 7 nitrogen and oxygen atoms in total. The van der Waals surface area contributed by atoms with Crippen LogP contribution in [0.5, 0.6) is 0 Å². The van der Waals surface area contributed by atoms with Crippen LogP contribution in [0.4, 0.5) is 5.69 Å². The van der Waals surface area contributed by atoms with E-state index >= 15 is 0 Å². The van der Waals surface area contributed by atoms with Crippen molar-refractivity contribution in [1.82, 2.24) is 10.2 Å². The third-order valence-corrected chi connectivity index (χ3v) is 4.68. The summed E-state index contributed by atoms with van der Waals surface area (Å²) >= 11 is 5.92. The maximum atomic E-state index is 13.1. The number of hydrogen-bond acceptors (Lipinski definition) is 4. The van der Waals surface area contributed by atoms with Gasteiger partial charge in [-0.15, -0.1) is 0 Å². The van der Waals surface area contributed by atoms with E-state index in [1.54, 1.807) is 42.5 Å². The quantitative estimate of drug-likeness (QED) is 0.540. The summed E-state index contributed by atoms with van der Waals surface area (Å²) < 4.78 is 0. The Morgan fingerprint density at radius 1 is 1.18 bits per heavy atom. The van der Waals surface area contributed by atoms with E-state index in [4.69, 9.17) is 11.6 Å². The van der Waals surface area contributed by atoms with Crippen LogP contribution in [-0.2, 0) is 22.6 Å². The second-order valence-corrected chi connectivity index (χ2v) is 6.69. The van der Waals surface area contributed by atoms with Crippen molar-refractivity contribution in [3.05, 3.63) is 74.8 Å². The van der Waals surface area contributed by atoms with Crippen LogP contribution in [0.15, 0.2) is 48.5 Å². The normalized spacial score (nSPS) is 11.5. The van der Waals surface area contributed by atoms with Crippen molar-refractivity contribution in [3.8, 4) is 0 Å². The van der Waals surface area contributed by atoms with Gasteiger partial charge in [0, 0.05) is 30.2 Å². The highest BCUT2D eigenvalue weighted by Gasteiger charge is 2.29. The number of nitrogens with one attached hydrogen (secondary N) is 1. The number of nitro groups is 1. The molecular weight excluding hydrogens is 382 g/mol. The minimum absolute atomic E-state index is 0.115. The molecule has 28 heavy (non-hydrogen) atoms. The van der Waals surface area contributed by atoms with Gasteiger partial charge in [-0.05, 0) is 24.1 Å². The van der Waals surface area contributed by atoms with Gasteiger partial charge in [-0.1, -0.05) is 48.9 Å². The van der Waals surface area contributed by atoms with E-state index in [0.717, 1.165) is 5.56 Å². The van der Waals surface area contributed by atoms with Crippen molar-refractivity contribution in [2.24, 2.45) is 0 Å². The Morgan fingerprint density at radius 3 is 2.39 bits per heavy atom. The van der Waals surface area contributed by atoms with Gasteiger partial charge in [-0.2, -0.15) is 0 Å². The third kappa shape index (κ3) is 5.29. The van der Waals surface area contributed by atoms with Crippen molar-refractivity contribution >= 4 is 29.1 Å². The lowest BCUT2D eigenvalue weighted by atomic mass is 10.1. The molecule has 1 unspecified atom stereocenters. The number of para-hydroxylation sites is 1. The molecule has 0 heterocycles. The number of hydrogen-bond donors (Lipinski definition) is 1. The Balaban J connectivity index is 2.34.